The molecule has 0 spiro atoms. The largest absolute Gasteiger partial charge is 0.497 e. The van der Waals surface area contributed by atoms with Crippen molar-refractivity contribution < 1.29 is 14.3 Å². The fourth-order valence-corrected chi connectivity index (χ4v) is 3.40. The molecule has 134 valence electrons. The molecule has 1 amide bonds. The molecule has 1 unspecified atom stereocenters. The molecule has 0 heterocycles. The lowest BCUT2D eigenvalue weighted by Gasteiger charge is -2.20. The summed E-state index contributed by atoms with van der Waals surface area (Å²) in [6.45, 7) is 1.81. The minimum Gasteiger partial charge on any atom is -0.497 e. The maximum atomic E-state index is 12.4. The van der Waals surface area contributed by atoms with E-state index < -0.39 is 6.10 Å². The zero-order chi connectivity index (χ0) is 17.6. The van der Waals surface area contributed by atoms with Gasteiger partial charge < -0.3 is 14.8 Å². The van der Waals surface area contributed by atoms with Gasteiger partial charge in [-0.05, 0) is 54.8 Å². The third-order valence-electron chi connectivity index (χ3n) is 4.90. The summed E-state index contributed by atoms with van der Waals surface area (Å²) in [5.74, 6) is 1.48. The molecule has 4 heteroatoms. The number of methoxy groups -OCH3 is 1. The summed E-state index contributed by atoms with van der Waals surface area (Å²) >= 11 is 0. The summed E-state index contributed by atoms with van der Waals surface area (Å²) in [4.78, 5) is 12.4. The van der Waals surface area contributed by atoms with Gasteiger partial charge in [-0.1, -0.05) is 37.8 Å². The predicted molar refractivity (Wildman–Crippen MR) is 100 cm³/mol. The molecular formula is C21H27NO3. The summed E-state index contributed by atoms with van der Waals surface area (Å²) in [5.41, 5.74) is 0. The first-order valence-corrected chi connectivity index (χ1v) is 9.20. The maximum absolute atomic E-state index is 12.4. The van der Waals surface area contributed by atoms with Crippen molar-refractivity contribution in [3.8, 4) is 11.5 Å². The molecule has 0 aliphatic heterocycles. The van der Waals surface area contributed by atoms with Gasteiger partial charge in [-0.25, -0.2) is 0 Å². The highest BCUT2D eigenvalue weighted by Gasteiger charge is 2.20. The zero-order valence-electron chi connectivity index (χ0n) is 15.1. The third-order valence-corrected chi connectivity index (χ3v) is 4.90. The van der Waals surface area contributed by atoms with E-state index in [1.165, 1.54) is 25.7 Å². The second-order valence-electron chi connectivity index (χ2n) is 6.83. The fourth-order valence-electron chi connectivity index (χ4n) is 3.40. The molecule has 25 heavy (non-hydrogen) atoms. The Hall–Kier alpha value is -2.23. The number of hydrogen-bond acceptors (Lipinski definition) is 3. The summed E-state index contributed by atoms with van der Waals surface area (Å²) < 4.78 is 11.1. The van der Waals surface area contributed by atoms with Crippen molar-refractivity contribution in [3.63, 3.8) is 0 Å². The topological polar surface area (TPSA) is 47.6 Å². The molecule has 0 saturated heterocycles. The Bertz CT molecular complexity index is 720. The molecule has 0 aromatic heterocycles. The van der Waals surface area contributed by atoms with E-state index in [0.717, 1.165) is 29.4 Å². The Kier molecular flexibility index (Phi) is 5.79. The minimum atomic E-state index is -0.508. The number of amides is 1. The van der Waals surface area contributed by atoms with Crippen LogP contribution in [0.1, 0.15) is 45.4 Å². The van der Waals surface area contributed by atoms with Crippen LogP contribution in [-0.4, -0.2) is 25.2 Å². The van der Waals surface area contributed by atoms with Crippen molar-refractivity contribution in [3.05, 3.63) is 36.4 Å². The summed E-state index contributed by atoms with van der Waals surface area (Å²) in [6, 6.07) is 12.1. The second kappa shape index (κ2) is 8.24. The van der Waals surface area contributed by atoms with Crippen molar-refractivity contribution in [2.75, 3.05) is 7.11 Å². The van der Waals surface area contributed by atoms with Gasteiger partial charge in [0.15, 0.2) is 6.10 Å². The normalized spacial score (nSPS) is 16.9. The van der Waals surface area contributed by atoms with E-state index in [1.54, 1.807) is 7.11 Å². The molecule has 4 nitrogen and oxygen atoms in total. The molecular weight excluding hydrogens is 314 g/mol. The fraction of sp³-hybridized carbons (Fsp3) is 0.476. The van der Waals surface area contributed by atoms with Crippen LogP contribution in [0.4, 0.5) is 0 Å². The molecule has 0 bridgehead atoms. The van der Waals surface area contributed by atoms with Crippen LogP contribution in [0.5, 0.6) is 11.5 Å². The second-order valence-corrected chi connectivity index (χ2v) is 6.83. The molecule has 1 N–H and O–H groups in total. The first-order valence-electron chi connectivity index (χ1n) is 9.20. The zero-order valence-corrected chi connectivity index (χ0v) is 15.1. The summed E-state index contributed by atoms with van der Waals surface area (Å²) in [7, 11) is 1.65. The van der Waals surface area contributed by atoms with Crippen LogP contribution in [0.15, 0.2) is 36.4 Å². The number of ether oxygens (including phenoxy) is 2. The predicted octanol–water partition coefficient (Wildman–Crippen LogP) is 4.45. The van der Waals surface area contributed by atoms with Crippen LogP contribution in [0.2, 0.25) is 0 Å². The van der Waals surface area contributed by atoms with E-state index in [9.17, 15) is 4.79 Å². The van der Waals surface area contributed by atoms with Crippen LogP contribution < -0.4 is 14.8 Å². The average Bonchev–Trinajstić information content (AvgIpc) is 2.89. The first kappa shape index (κ1) is 17.6. The highest BCUT2D eigenvalue weighted by atomic mass is 16.5. The van der Waals surface area contributed by atoms with E-state index in [-0.39, 0.29) is 5.91 Å². The molecule has 1 aliphatic carbocycles. The van der Waals surface area contributed by atoms with Crippen LogP contribution in [0.25, 0.3) is 10.8 Å². The van der Waals surface area contributed by atoms with E-state index in [1.807, 2.05) is 43.3 Å². The van der Waals surface area contributed by atoms with E-state index in [0.29, 0.717) is 11.8 Å². The van der Waals surface area contributed by atoms with Crippen molar-refractivity contribution in [1.29, 1.82) is 0 Å². The Balaban J connectivity index is 1.63. The molecule has 2 aromatic carbocycles. The van der Waals surface area contributed by atoms with Crippen LogP contribution in [0, 0.1) is 0 Å². The average molecular weight is 341 g/mol. The number of carbonyl (C=O) groups is 1. The maximum Gasteiger partial charge on any atom is 0.260 e. The number of nitrogens with one attached hydrogen (secondary N) is 1. The molecule has 1 fully saturated rings. The van der Waals surface area contributed by atoms with Gasteiger partial charge in [-0.2, -0.15) is 0 Å². The molecule has 0 radical (unpaired) electrons. The Labute approximate surface area is 149 Å². The van der Waals surface area contributed by atoms with Gasteiger partial charge in [-0.15, -0.1) is 0 Å². The van der Waals surface area contributed by atoms with Crippen LogP contribution in [0.3, 0.4) is 0 Å². The summed E-state index contributed by atoms with van der Waals surface area (Å²) in [5, 5.41) is 5.30. The first-order chi connectivity index (χ1) is 12.2. The Morgan fingerprint density at radius 1 is 1.00 bits per heavy atom. The van der Waals surface area contributed by atoms with E-state index in [4.69, 9.17) is 9.47 Å². The quantitative estimate of drug-likeness (QED) is 0.817. The lowest BCUT2D eigenvalue weighted by Crippen LogP contribution is -2.42. The molecule has 2 aromatic rings. The standard InChI is InChI=1S/C21H27NO3/c1-15(21(23)22-18-7-5-3-4-6-8-18)25-20-12-10-16-9-11-19(24-2)13-17(16)14-20/h9-15,18H,3-8H2,1-2H3,(H,22,23). The highest BCUT2D eigenvalue weighted by Crippen LogP contribution is 2.25. The highest BCUT2D eigenvalue weighted by molar-refractivity contribution is 5.85. The SMILES string of the molecule is COc1ccc2ccc(OC(C)C(=O)NC3CCCCCC3)cc2c1. The third kappa shape index (κ3) is 4.65. The van der Waals surface area contributed by atoms with Gasteiger partial charge in [-0.3, -0.25) is 4.79 Å². The summed E-state index contributed by atoms with van der Waals surface area (Å²) in [6.07, 6.45) is 6.60. The van der Waals surface area contributed by atoms with Crippen molar-refractivity contribution in [1.82, 2.24) is 5.32 Å². The molecule has 1 aliphatic rings. The van der Waals surface area contributed by atoms with Crippen molar-refractivity contribution >= 4 is 16.7 Å². The molecule has 3 rings (SSSR count). The van der Waals surface area contributed by atoms with Crippen LogP contribution >= 0.6 is 0 Å². The number of carbonyl (C=O) groups excluding carboxylic acids is 1. The van der Waals surface area contributed by atoms with E-state index in [2.05, 4.69) is 5.32 Å². The Morgan fingerprint density at radius 3 is 2.32 bits per heavy atom. The van der Waals surface area contributed by atoms with Gasteiger partial charge in [0.25, 0.3) is 5.91 Å². The van der Waals surface area contributed by atoms with Gasteiger partial charge in [0.1, 0.15) is 11.5 Å². The van der Waals surface area contributed by atoms with Gasteiger partial charge >= 0.3 is 0 Å². The Morgan fingerprint density at radius 2 is 1.64 bits per heavy atom. The van der Waals surface area contributed by atoms with Crippen molar-refractivity contribution in [2.45, 2.75) is 57.6 Å². The minimum absolute atomic E-state index is 0.0300. The van der Waals surface area contributed by atoms with E-state index >= 15 is 0 Å². The number of hydrogen-bond donors (Lipinski definition) is 1. The van der Waals surface area contributed by atoms with Gasteiger partial charge in [0.2, 0.25) is 0 Å². The monoisotopic (exact) mass is 341 g/mol. The van der Waals surface area contributed by atoms with Gasteiger partial charge in [0, 0.05) is 6.04 Å². The smallest absolute Gasteiger partial charge is 0.260 e. The molecule has 1 atom stereocenters. The lowest BCUT2D eigenvalue weighted by atomic mass is 10.1. The molecule has 1 saturated carbocycles. The number of benzene rings is 2. The lowest BCUT2D eigenvalue weighted by molar-refractivity contribution is -0.128. The van der Waals surface area contributed by atoms with Crippen LogP contribution in [-0.2, 0) is 4.79 Å². The van der Waals surface area contributed by atoms with Crippen molar-refractivity contribution in [2.24, 2.45) is 0 Å². The number of fused-ring (bicyclic) bond motifs is 1. The van der Waals surface area contributed by atoms with Gasteiger partial charge in [0.05, 0.1) is 7.11 Å². The number of rotatable bonds is 5.